The van der Waals surface area contributed by atoms with Crippen molar-refractivity contribution in [2.45, 2.75) is 116 Å². The molecule has 0 aromatic heterocycles. The molecule has 0 aromatic rings. The molecule has 0 rings (SSSR count). The summed E-state index contributed by atoms with van der Waals surface area (Å²) in [5.41, 5.74) is 0. The van der Waals surface area contributed by atoms with Crippen LogP contribution in [0.5, 0.6) is 0 Å². The van der Waals surface area contributed by atoms with Gasteiger partial charge in [-0.05, 0) is 12.8 Å². The van der Waals surface area contributed by atoms with Crippen LogP contribution in [0, 0.1) is 0 Å². The van der Waals surface area contributed by atoms with Crippen molar-refractivity contribution in [1.82, 2.24) is 20.9 Å². The van der Waals surface area contributed by atoms with Crippen LogP contribution < -0.4 is 16.0 Å². The number of carboxylic acids is 4. The molecule has 1 amide bonds. The van der Waals surface area contributed by atoms with Crippen LogP contribution in [-0.2, 0) is 24.0 Å². The molecule has 232 valence electrons. The molecular formula is C27H50N4O9. The van der Waals surface area contributed by atoms with Gasteiger partial charge in [0.25, 0.3) is 0 Å². The minimum absolute atomic E-state index is 0.237. The molecule has 0 aliphatic rings. The van der Waals surface area contributed by atoms with Gasteiger partial charge in [-0.1, -0.05) is 78.1 Å². The zero-order valence-electron chi connectivity index (χ0n) is 24.0. The molecule has 40 heavy (non-hydrogen) atoms. The van der Waals surface area contributed by atoms with Crippen molar-refractivity contribution in [3.05, 3.63) is 0 Å². The van der Waals surface area contributed by atoms with E-state index in [0.717, 1.165) is 24.2 Å². The van der Waals surface area contributed by atoms with Crippen molar-refractivity contribution >= 4 is 29.8 Å². The maximum atomic E-state index is 12.9. The van der Waals surface area contributed by atoms with E-state index >= 15 is 0 Å². The molecule has 0 spiro atoms. The van der Waals surface area contributed by atoms with E-state index in [4.69, 9.17) is 5.11 Å². The fraction of sp³-hybridized carbons (Fsp3) is 0.815. The van der Waals surface area contributed by atoms with Crippen LogP contribution in [0.25, 0.3) is 0 Å². The van der Waals surface area contributed by atoms with Gasteiger partial charge in [0, 0.05) is 12.6 Å². The maximum absolute atomic E-state index is 12.9. The third-order valence-corrected chi connectivity index (χ3v) is 6.55. The van der Waals surface area contributed by atoms with E-state index < -0.39 is 74.1 Å². The largest absolute Gasteiger partial charge is 0.481 e. The SMILES string of the molecule is CCCCCCCCCCCCCNC(=O)C(CC(=O)O)NC(C(CC)NCC(=O)O)N(CC(=O)O)CC(=O)O. The van der Waals surface area contributed by atoms with Crippen LogP contribution in [0.2, 0.25) is 0 Å². The fourth-order valence-electron chi connectivity index (χ4n) is 4.51. The highest BCUT2D eigenvalue weighted by atomic mass is 16.4. The van der Waals surface area contributed by atoms with E-state index in [9.17, 15) is 39.3 Å². The van der Waals surface area contributed by atoms with Crippen LogP contribution in [0.1, 0.15) is 97.3 Å². The molecule has 0 aliphatic heterocycles. The smallest absolute Gasteiger partial charge is 0.317 e. The monoisotopic (exact) mass is 574 g/mol. The Morgan fingerprint density at radius 3 is 1.60 bits per heavy atom. The molecule has 13 heteroatoms. The van der Waals surface area contributed by atoms with Gasteiger partial charge in [-0.2, -0.15) is 0 Å². The Bertz CT molecular complexity index is 750. The average Bonchev–Trinajstić information content (AvgIpc) is 2.86. The van der Waals surface area contributed by atoms with E-state index in [1.165, 1.54) is 44.9 Å². The number of amides is 1. The summed E-state index contributed by atoms with van der Waals surface area (Å²) in [5.74, 6) is -5.76. The third-order valence-electron chi connectivity index (χ3n) is 6.55. The number of rotatable bonds is 27. The van der Waals surface area contributed by atoms with Crippen molar-refractivity contribution < 1.29 is 44.4 Å². The molecule has 0 saturated carbocycles. The number of nitrogens with one attached hydrogen (secondary N) is 3. The van der Waals surface area contributed by atoms with Crippen molar-refractivity contribution in [2.24, 2.45) is 0 Å². The second-order valence-electron chi connectivity index (χ2n) is 10.1. The number of carboxylic acid groups (broad SMARTS) is 4. The molecule has 0 heterocycles. The van der Waals surface area contributed by atoms with Crippen LogP contribution in [-0.4, -0.2) is 99.5 Å². The standard InChI is InChI=1S/C27H50N4O9/c1-3-5-6-7-8-9-10-11-12-13-14-15-28-27(40)21(16-22(32)33)30-26(20(4-2)29-17-23(34)35)31(18-24(36)37)19-25(38)39/h20-21,26,29-30H,3-19H2,1-2H3,(H,28,40)(H,32,33)(H,34,35)(H,36,37)(H,38,39). The fourth-order valence-corrected chi connectivity index (χ4v) is 4.51. The summed E-state index contributed by atoms with van der Waals surface area (Å²) in [5, 5.41) is 45.4. The number of hydrogen-bond donors (Lipinski definition) is 7. The lowest BCUT2D eigenvalue weighted by Gasteiger charge is -2.38. The minimum atomic E-state index is -1.34. The van der Waals surface area contributed by atoms with Crippen LogP contribution in [0.15, 0.2) is 0 Å². The quantitative estimate of drug-likeness (QED) is 0.0556. The van der Waals surface area contributed by atoms with Gasteiger partial charge in [-0.3, -0.25) is 34.2 Å². The Hall–Kier alpha value is -2.77. The lowest BCUT2D eigenvalue weighted by molar-refractivity contribution is -0.145. The molecule has 7 N–H and O–H groups in total. The highest BCUT2D eigenvalue weighted by Gasteiger charge is 2.34. The van der Waals surface area contributed by atoms with Crippen LogP contribution in [0.3, 0.4) is 0 Å². The third kappa shape index (κ3) is 19.3. The van der Waals surface area contributed by atoms with Gasteiger partial charge < -0.3 is 31.1 Å². The number of carbonyl (C=O) groups excluding carboxylic acids is 1. The van der Waals surface area contributed by atoms with E-state index in [2.05, 4.69) is 22.9 Å². The molecule has 0 bridgehead atoms. The molecule has 3 unspecified atom stereocenters. The molecule has 0 radical (unpaired) electrons. The zero-order valence-corrected chi connectivity index (χ0v) is 24.0. The average molecular weight is 575 g/mol. The first-order valence-corrected chi connectivity index (χ1v) is 14.4. The summed E-state index contributed by atoms with van der Waals surface area (Å²) in [7, 11) is 0. The van der Waals surface area contributed by atoms with Crippen molar-refractivity contribution in [2.75, 3.05) is 26.2 Å². The lowest BCUT2D eigenvalue weighted by atomic mass is 10.1. The van der Waals surface area contributed by atoms with Gasteiger partial charge >= 0.3 is 23.9 Å². The first-order valence-electron chi connectivity index (χ1n) is 14.4. The Balaban J connectivity index is 5.15. The molecule has 13 nitrogen and oxygen atoms in total. The van der Waals surface area contributed by atoms with E-state index in [0.29, 0.717) is 13.0 Å². The van der Waals surface area contributed by atoms with Crippen LogP contribution >= 0.6 is 0 Å². The number of carbonyl (C=O) groups is 5. The van der Waals surface area contributed by atoms with Crippen molar-refractivity contribution in [3.8, 4) is 0 Å². The molecule has 0 fully saturated rings. The van der Waals surface area contributed by atoms with Gasteiger partial charge in [0.05, 0.1) is 38.3 Å². The van der Waals surface area contributed by atoms with Crippen molar-refractivity contribution in [1.29, 1.82) is 0 Å². The summed E-state index contributed by atoms with van der Waals surface area (Å²) in [4.78, 5) is 59.5. The Morgan fingerprint density at radius 2 is 1.18 bits per heavy atom. The van der Waals surface area contributed by atoms with Gasteiger partial charge in [0.15, 0.2) is 0 Å². The summed E-state index contributed by atoms with van der Waals surface area (Å²) < 4.78 is 0. The number of unbranched alkanes of at least 4 members (excludes halogenated alkanes) is 10. The molecule has 0 aromatic carbocycles. The van der Waals surface area contributed by atoms with E-state index in [1.54, 1.807) is 6.92 Å². The van der Waals surface area contributed by atoms with Gasteiger partial charge in [0.1, 0.15) is 0 Å². The minimum Gasteiger partial charge on any atom is -0.481 e. The zero-order chi connectivity index (χ0) is 30.3. The summed E-state index contributed by atoms with van der Waals surface area (Å²) in [6.45, 7) is 2.25. The normalized spacial score (nSPS) is 13.5. The number of nitrogens with zero attached hydrogens (tertiary/aromatic N) is 1. The summed E-state index contributed by atoms with van der Waals surface area (Å²) >= 11 is 0. The molecule has 3 atom stereocenters. The van der Waals surface area contributed by atoms with Crippen molar-refractivity contribution in [3.63, 3.8) is 0 Å². The summed E-state index contributed by atoms with van der Waals surface area (Å²) in [6, 6.07) is -2.11. The molecule has 0 saturated heterocycles. The maximum Gasteiger partial charge on any atom is 0.317 e. The summed E-state index contributed by atoms with van der Waals surface area (Å²) in [6.07, 6.45) is 11.0. The Morgan fingerprint density at radius 1 is 0.675 bits per heavy atom. The predicted molar refractivity (Wildman–Crippen MR) is 149 cm³/mol. The van der Waals surface area contributed by atoms with Gasteiger partial charge in [0.2, 0.25) is 5.91 Å². The first kappa shape index (κ1) is 37.2. The number of aliphatic carboxylic acids is 4. The predicted octanol–water partition coefficient (Wildman–Crippen LogP) is 2.10. The van der Waals surface area contributed by atoms with E-state index in [1.807, 2.05) is 0 Å². The topological polar surface area (TPSA) is 206 Å². The second-order valence-corrected chi connectivity index (χ2v) is 10.1. The lowest BCUT2D eigenvalue weighted by Crippen LogP contribution is -2.64. The Labute approximate surface area is 237 Å². The molecular weight excluding hydrogens is 524 g/mol. The van der Waals surface area contributed by atoms with Gasteiger partial charge in [-0.15, -0.1) is 0 Å². The highest BCUT2D eigenvalue weighted by Crippen LogP contribution is 2.12. The van der Waals surface area contributed by atoms with E-state index in [-0.39, 0.29) is 6.42 Å². The van der Waals surface area contributed by atoms with Gasteiger partial charge in [-0.25, -0.2) is 0 Å². The second kappa shape index (κ2) is 23.0. The first-order chi connectivity index (χ1) is 19.0. The Kier molecular flexibility index (Phi) is 21.4. The highest BCUT2D eigenvalue weighted by molar-refractivity contribution is 5.86. The van der Waals surface area contributed by atoms with Crippen LogP contribution in [0.4, 0.5) is 0 Å². The number of hydrogen-bond acceptors (Lipinski definition) is 8. The molecule has 0 aliphatic carbocycles.